The van der Waals surface area contributed by atoms with Crippen molar-refractivity contribution in [2.24, 2.45) is 0 Å². The van der Waals surface area contributed by atoms with Crippen LogP contribution < -0.4 is 10.6 Å². The average Bonchev–Trinajstić information content (AvgIpc) is 3.13. The van der Waals surface area contributed by atoms with Crippen molar-refractivity contribution in [1.82, 2.24) is 5.32 Å². The molecule has 1 amide bonds. The predicted octanol–water partition coefficient (Wildman–Crippen LogP) is 4.57. The molecule has 1 aliphatic rings. The van der Waals surface area contributed by atoms with Crippen LogP contribution in [0.5, 0.6) is 0 Å². The summed E-state index contributed by atoms with van der Waals surface area (Å²) >= 11 is 12.0. The maximum absolute atomic E-state index is 12.5. The molecule has 8 heteroatoms. The summed E-state index contributed by atoms with van der Waals surface area (Å²) in [7, 11) is 1.25. The van der Waals surface area contributed by atoms with Gasteiger partial charge in [0.2, 0.25) is 12.8 Å². The molecule has 1 saturated heterocycles. The molecule has 0 aromatic heterocycles. The van der Waals surface area contributed by atoms with Crippen molar-refractivity contribution in [2.45, 2.75) is 18.4 Å². The van der Waals surface area contributed by atoms with Gasteiger partial charge in [0.1, 0.15) is 0 Å². The molecule has 0 spiro atoms. The molecule has 2 unspecified atom stereocenters. The number of amides is 1. The number of halogens is 3. The molecular weight excluding hydrogens is 394 g/mol. The van der Waals surface area contributed by atoms with Crippen LogP contribution in [0.4, 0.5) is 10.1 Å². The number of hydrogen-bond acceptors (Lipinski definition) is 4. The largest absolute Gasteiger partial charge is 0.325 e. The second-order valence-electron chi connectivity index (χ2n) is 5.78. The minimum Gasteiger partial charge on any atom is -0.325 e. The van der Waals surface area contributed by atoms with Gasteiger partial charge >= 0.3 is 0 Å². The summed E-state index contributed by atoms with van der Waals surface area (Å²) in [6, 6.07) is 14.6. The number of benzene rings is 2. The number of hydrogen-bond donors (Lipinski definition) is 2. The first-order valence-corrected chi connectivity index (χ1v) is 9.07. The van der Waals surface area contributed by atoms with Gasteiger partial charge in [0.05, 0.1) is 13.2 Å². The normalized spacial score (nSPS) is 18.5. The topological polar surface area (TPSA) is 59.6 Å². The molecular formula is C19H21Cl2FN2O3. The third kappa shape index (κ3) is 6.75. The standard InChI is InChI=1S/C17H16Cl2N2O.C2H5FO2/c18-12-4-1-3-11(9-12)15-7-8-20-16(15)17(22)21-14-6-2-5-13(19)10-14;1-4-5-2-3/h1-6,9-10,15-16,20H,7-8H2,(H,21,22);2H2,1H3. The Balaban J connectivity index is 0.000000465. The van der Waals surface area contributed by atoms with Gasteiger partial charge in [0.15, 0.2) is 0 Å². The summed E-state index contributed by atoms with van der Waals surface area (Å²) in [6.07, 6.45) is 0.911. The molecule has 0 saturated carbocycles. The fourth-order valence-corrected chi connectivity index (χ4v) is 3.29. The average molecular weight is 415 g/mol. The van der Waals surface area contributed by atoms with Crippen molar-refractivity contribution >= 4 is 34.8 Å². The first-order chi connectivity index (χ1) is 13.0. The Bertz CT molecular complexity index is 746. The van der Waals surface area contributed by atoms with Gasteiger partial charge in [-0.15, -0.1) is 0 Å². The molecule has 0 radical (unpaired) electrons. The van der Waals surface area contributed by atoms with Crippen LogP contribution in [0.15, 0.2) is 48.5 Å². The van der Waals surface area contributed by atoms with Gasteiger partial charge in [-0.05, 0) is 48.9 Å². The Hall–Kier alpha value is -1.70. The Morgan fingerprint density at radius 2 is 1.93 bits per heavy atom. The fourth-order valence-electron chi connectivity index (χ4n) is 2.91. The second-order valence-corrected chi connectivity index (χ2v) is 6.65. The highest BCUT2D eigenvalue weighted by molar-refractivity contribution is 6.31. The van der Waals surface area contributed by atoms with E-state index in [4.69, 9.17) is 23.2 Å². The highest BCUT2D eigenvalue weighted by Gasteiger charge is 2.33. The zero-order valence-corrected chi connectivity index (χ0v) is 16.3. The predicted molar refractivity (Wildman–Crippen MR) is 105 cm³/mol. The summed E-state index contributed by atoms with van der Waals surface area (Å²) in [4.78, 5) is 20.0. The minimum absolute atomic E-state index is 0.0512. The highest BCUT2D eigenvalue weighted by atomic mass is 35.5. The molecule has 3 rings (SSSR count). The smallest absolute Gasteiger partial charge is 0.242 e. The summed E-state index contributed by atoms with van der Waals surface area (Å²) < 4.78 is 10.6. The van der Waals surface area contributed by atoms with E-state index in [0.717, 1.165) is 18.5 Å². The Kier molecular flexibility index (Phi) is 8.97. The maximum atomic E-state index is 12.5. The molecule has 2 N–H and O–H groups in total. The van der Waals surface area contributed by atoms with Crippen molar-refractivity contribution in [2.75, 3.05) is 25.8 Å². The van der Waals surface area contributed by atoms with Crippen molar-refractivity contribution < 1.29 is 19.0 Å². The molecule has 27 heavy (non-hydrogen) atoms. The number of alkyl halides is 1. The lowest BCUT2D eigenvalue weighted by atomic mass is 9.91. The first-order valence-electron chi connectivity index (χ1n) is 8.32. The van der Waals surface area contributed by atoms with Gasteiger partial charge in [-0.3, -0.25) is 4.79 Å². The molecule has 5 nitrogen and oxygen atoms in total. The lowest BCUT2D eigenvalue weighted by Crippen LogP contribution is -2.39. The Labute approximate surface area is 167 Å². The van der Waals surface area contributed by atoms with E-state index >= 15 is 0 Å². The van der Waals surface area contributed by atoms with Gasteiger partial charge in [-0.2, -0.15) is 0 Å². The third-order valence-corrected chi connectivity index (χ3v) is 4.51. The van der Waals surface area contributed by atoms with E-state index in [1.165, 1.54) is 7.11 Å². The number of carbonyl (C=O) groups is 1. The highest BCUT2D eigenvalue weighted by Crippen LogP contribution is 2.30. The molecule has 1 fully saturated rings. The van der Waals surface area contributed by atoms with Gasteiger partial charge < -0.3 is 10.6 Å². The van der Waals surface area contributed by atoms with Crippen LogP contribution in [0, 0.1) is 0 Å². The van der Waals surface area contributed by atoms with E-state index in [-0.39, 0.29) is 17.9 Å². The summed E-state index contributed by atoms with van der Waals surface area (Å²) in [5.41, 5.74) is 1.79. The first kappa shape index (κ1) is 21.6. The van der Waals surface area contributed by atoms with Gasteiger partial charge in [0, 0.05) is 21.7 Å². The van der Waals surface area contributed by atoms with E-state index in [1.54, 1.807) is 12.1 Å². The summed E-state index contributed by atoms with van der Waals surface area (Å²) in [6.45, 7) is -0.0681. The maximum Gasteiger partial charge on any atom is 0.242 e. The second kappa shape index (κ2) is 11.2. The zero-order chi connectivity index (χ0) is 19.6. The molecule has 0 aliphatic carbocycles. The van der Waals surface area contributed by atoms with Crippen LogP contribution >= 0.6 is 23.2 Å². The van der Waals surface area contributed by atoms with Gasteiger partial charge in [-0.1, -0.05) is 41.4 Å². The van der Waals surface area contributed by atoms with Crippen molar-refractivity contribution in [3.05, 3.63) is 64.1 Å². The molecule has 2 atom stereocenters. The van der Waals surface area contributed by atoms with E-state index in [9.17, 15) is 9.18 Å². The van der Waals surface area contributed by atoms with Crippen molar-refractivity contribution in [3.8, 4) is 0 Å². The van der Waals surface area contributed by atoms with Crippen molar-refractivity contribution in [1.29, 1.82) is 0 Å². The van der Waals surface area contributed by atoms with Crippen LogP contribution in [0.2, 0.25) is 10.0 Å². The van der Waals surface area contributed by atoms with Crippen LogP contribution in [0.1, 0.15) is 17.9 Å². The van der Waals surface area contributed by atoms with Crippen LogP contribution in [-0.2, 0) is 14.6 Å². The van der Waals surface area contributed by atoms with Crippen LogP contribution in [0.25, 0.3) is 0 Å². The Morgan fingerprint density at radius 1 is 1.22 bits per heavy atom. The lowest BCUT2D eigenvalue weighted by Gasteiger charge is -2.19. The minimum atomic E-state index is -0.878. The monoisotopic (exact) mass is 414 g/mol. The third-order valence-electron chi connectivity index (χ3n) is 4.04. The van der Waals surface area contributed by atoms with Gasteiger partial charge in [0.25, 0.3) is 0 Å². The van der Waals surface area contributed by atoms with E-state index in [1.807, 2.05) is 36.4 Å². The molecule has 146 valence electrons. The Morgan fingerprint density at radius 3 is 2.52 bits per heavy atom. The van der Waals surface area contributed by atoms with E-state index in [0.29, 0.717) is 15.7 Å². The molecule has 2 aromatic rings. The zero-order valence-electron chi connectivity index (χ0n) is 14.8. The number of anilines is 1. The SMILES string of the molecule is COOCF.O=C(Nc1cccc(Cl)c1)C1NCCC1c1cccc(Cl)c1. The number of nitrogens with one attached hydrogen (secondary N) is 2. The quantitative estimate of drug-likeness (QED) is 0.555. The molecule has 1 aliphatic heterocycles. The molecule has 1 heterocycles. The fraction of sp³-hybridized carbons (Fsp3) is 0.316. The van der Waals surface area contributed by atoms with Crippen LogP contribution in [-0.4, -0.2) is 32.5 Å². The molecule has 2 aromatic carbocycles. The van der Waals surface area contributed by atoms with E-state index in [2.05, 4.69) is 20.4 Å². The van der Waals surface area contributed by atoms with E-state index < -0.39 is 6.86 Å². The lowest BCUT2D eigenvalue weighted by molar-refractivity contribution is -0.294. The molecule has 0 bridgehead atoms. The van der Waals surface area contributed by atoms with Gasteiger partial charge in [-0.25, -0.2) is 14.2 Å². The summed E-state index contributed by atoms with van der Waals surface area (Å²) in [5.74, 6) is 0.0719. The number of carbonyl (C=O) groups excluding carboxylic acids is 1. The van der Waals surface area contributed by atoms with Crippen molar-refractivity contribution in [3.63, 3.8) is 0 Å². The number of rotatable bonds is 5. The van der Waals surface area contributed by atoms with Crippen LogP contribution in [0.3, 0.4) is 0 Å². The summed E-state index contributed by atoms with van der Waals surface area (Å²) in [5, 5.41) is 7.48.